The zero-order chi connectivity index (χ0) is 23.2. The molecule has 0 radical (unpaired) electrons. The van der Waals surface area contributed by atoms with E-state index in [1.54, 1.807) is 0 Å². The number of carbonyl (C=O) groups excluding carboxylic acids is 1. The maximum absolute atomic E-state index is 12.9. The minimum Gasteiger partial charge on any atom is -0.274 e. The summed E-state index contributed by atoms with van der Waals surface area (Å²) in [4.78, 5) is 25.2. The van der Waals surface area contributed by atoms with E-state index in [9.17, 15) is 9.59 Å². The van der Waals surface area contributed by atoms with Gasteiger partial charge in [0.25, 0.3) is 5.91 Å². The predicted octanol–water partition coefficient (Wildman–Crippen LogP) is 2.95. The first-order chi connectivity index (χ1) is 16.1. The average Bonchev–Trinajstić information content (AvgIpc) is 3.48. The Kier molecular flexibility index (Phi) is 6.55. The largest absolute Gasteiger partial charge is 0.353 e. The Labute approximate surface area is 190 Å². The summed E-state index contributed by atoms with van der Waals surface area (Å²) in [5.41, 5.74) is 3.28. The summed E-state index contributed by atoms with van der Waals surface area (Å²) in [6, 6.07) is 15.7. The molecule has 0 aliphatic carbocycles. The maximum Gasteiger partial charge on any atom is 0.353 e. The zero-order valence-corrected chi connectivity index (χ0v) is 18.2. The van der Waals surface area contributed by atoms with E-state index in [1.165, 1.54) is 4.57 Å². The van der Waals surface area contributed by atoms with Gasteiger partial charge in [0.05, 0.1) is 6.54 Å². The minimum absolute atomic E-state index is 0.264. The van der Waals surface area contributed by atoms with Crippen LogP contribution in [0.3, 0.4) is 0 Å². The summed E-state index contributed by atoms with van der Waals surface area (Å²) in [5, 5.41) is 18.6. The summed E-state index contributed by atoms with van der Waals surface area (Å²) in [7, 11) is 0. The Hall–Kier alpha value is -4.32. The van der Waals surface area contributed by atoms with Gasteiger partial charge in [-0.25, -0.2) is 4.79 Å². The number of aromatic amines is 1. The number of H-pyrrole nitrogens is 1. The van der Waals surface area contributed by atoms with Gasteiger partial charge < -0.3 is 0 Å². The van der Waals surface area contributed by atoms with Crippen LogP contribution in [0, 0.1) is 12.3 Å². The molecule has 0 amide bonds. The molecule has 0 fully saturated rings. The quantitative estimate of drug-likeness (QED) is 0.421. The SMILES string of the molecule is C#CCCc1nn(C(=O)CCC)c(=O)n1Cc1ccc(-c2ccccc2-c2nn[nH]n2)cc1. The number of terminal acetylenes is 1. The van der Waals surface area contributed by atoms with E-state index < -0.39 is 5.69 Å². The second-order valence-electron chi connectivity index (χ2n) is 7.52. The monoisotopic (exact) mass is 441 g/mol. The Morgan fingerprint density at radius 2 is 1.88 bits per heavy atom. The van der Waals surface area contributed by atoms with Crippen molar-refractivity contribution in [3.05, 3.63) is 70.4 Å². The van der Waals surface area contributed by atoms with Crippen LogP contribution in [0.5, 0.6) is 0 Å². The highest BCUT2D eigenvalue weighted by atomic mass is 16.2. The van der Waals surface area contributed by atoms with Crippen molar-refractivity contribution in [1.29, 1.82) is 0 Å². The molecule has 9 heteroatoms. The Morgan fingerprint density at radius 1 is 1.12 bits per heavy atom. The molecule has 33 heavy (non-hydrogen) atoms. The predicted molar refractivity (Wildman–Crippen MR) is 123 cm³/mol. The Morgan fingerprint density at radius 3 is 2.55 bits per heavy atom. The summed E-state index contributed by atoms with van der Waals surface area (Å²) < 4.78 is 2.48. The van der Waals surface area contributed by atoms with Crippen LogP contribution in [0.1, 0.15) is 42.4 Å². The summed E-state index contributed by atoms with van der Waals surface area (Å²) in [5.74, 6) is 3.28. The molecule has 4 rings (SSSR count). The number of rotatable bonds is 8. The number of nitrogens with one attached hydrogen (secondary N) is 1. The molecule has 1 N–H and O–H groups in total. The smallest absolute Gasteiger partial charge is 0.274 e. The maximum atomic E-state index is 12.9. The van der Waals surface area contributed by atoms with Crippen molar-refractivity contribution >= 4 is 5.91 Å². The van der Waals surface area contributed by atoms with E-state index in [4.69, 9.17) is 6.42 Å². The van der Waals surface area contributed by atoms with Crippen molar-refractivity contribution in [2.45, 2.75) is 39.2 Å². The van der Waals surface area contributed by atoms with Crippen molar-refractivity contribution in [2.24, 2.45) is 0 Å². The molecule has 0 atom stereocenters. The average molecular weight is 441 g/mol. The lowest BCUT2D eigenvalue weighted by Gasteiger charge is -2.09. The van der Waals surface area contributed by atoms with E-state index in [1.807, 2.05) is 55.5 Å². The zero-order valence-electron chi connectivity index (χ0n) is 18.2. The van der Waals surface area contributed by atoms with Crippen LogP contribution in [0.4, 0.5) is 0 Å². The summed E-state index contributed by atoms with van der Waals surface area (Å²) >= 11 is 0. The van der Waals surface area contributed by atoms with E-state index in [-0.39, 0.29) is 12.3 Å². The first-order valence-electron chi connectivity index (χ1n) is 10.7. The molecular formula is C24H23N7O2. The highest BCUT2D eigenvalue weighted by Gasteiger charge is 2.18. The first-order valence-corrected chi connectivity index (χ1v) is 10.7. The van der Waals surface area contributed by atoms with Crippen molar-refractivity contribution in [1.82, 2.24) is 35.0 Å². The van der Waals surface area contributed by atoms with Crippen LogP contribution >= 0.6 is 0 Å². The third-order valence-electron chi connectivity index (χ3n) is 5.25. The van der Waals surface area contributed by atoms with Gasteiger partial charge in [-0.3, -0.25) is 9.36 Å². The highest BCUT2D eigenvalue weighted by molar-refractivity contribution is 5.80. The molecule has 0 saturated heterocycles. The normalized spacial score (nSPS) is 10.8. The molecule has 0 saturated carbocycles. The molecule has 0 spiro atoms. The van der Waals surface area contributed by atoms with Gasteiger partial charge in [0, 0.05) is 24.8 Å². The molecule has 166 valence electrons. The Bertz CT molecular complexity index is 1340. The summed E-state index contributed by atoms with van der Waals surface area (Å²) in [6.45, 7) is 2.18. The second-order valence-corrected chi connectivity index (χ2v) is 7.52. The molecule has 0 bridgehead atoms. The van der Waals surface area contributed by atoms with Crippen LogP contribution in [0.2, 0.25) is 0 Å². The molecule has 0 aliphatic heterocycles. The molecule has 0 aliphatic rings. The molecule has 4 aromatic rings. The Balaban J connectivity index is 1.64. The fraction of sp³-hybridized carbons (Fsp3) is 0.250. The third-order valence-corrected chi connectivity index (χ3v) is 5.25. The second kappa shape index (κ2) is 9.87. The van der Waals surface area contributed by atoms with E-state index in [0.717, 1.165) is 26.9 Å². The fourth-order valence-corrected chi connectivity index (χ4v) is 3.62. The van der Waals surface area contributed by atoms with Gasteiger partial charge in [0.2, 0.25) is 5.82 Å². The van der Waals surface area contributed by atoms with Gasteiger partial charge in [-0.15, -0.1) is 32.3 Å². The number of hydrogen-bond donors (Lipinski definition) is 1. The molecule has 2 aromatic heterocycles. The van der Waals surface area contributed by atoms with Crippen molar-refractivity contribution in [3.8, 4) is 34.9 Å². The number of benzene rings is 2. The first kappa shape index (κ1) is 21.9. The van der Waals surface area contributed by atoms with Gasteiger partial charge in [0.15, 0.2) is 0 Å². The summed E-state index contributed by atoms with van der Waals surface area (Å²) in [6.07, 6.45) is 7.16. The van der Waals surface area contributed by atoms with Gasteiger partial charge in [-0.05, 0) is 28.3 Å². The number of hydrogen-bond acceptors (Lipinski definition) is 6. The number of nitrogens with zero attached hydrogens (tertiary/aromatic N) is 6. The van der Waals surface area contributed by atoms with E-state index in [2.05, 4.69) is 31.6 Å². The van der Waals surface area contributed by atoms with Gasteiger partial charge >= 0.3 is 5.69 Å². The lowest BCUT2D eigenvalue weighted by molar-refractivity contribution is 0.0880. The highest BCUT2D eigenvalue weighted by Crippen LogP contribution is 2.29. The number of aryl methyl sites for hydroxylation is 1. The standard InChI is InChI=1S/C24H23N7O2/c1-3-5-11-21-27-31(22(32)8-4-2)24(33)30(21)16-17-12-14-18(15-13-17)19-9-6-7-10-20(19)23-25-28-29-26-23/h1,6-7,9-10,12-15H,4-5,8,11,16H2,2H3,(H,25,26,28,29). The van der Waals surface area contributed by atoms with E-state index >= 15 is 0 Å². The lowest BCUT2D eigenvalue weighted by atomic mass is 9.98. The molecule has 2 heterocycles. The van der Waals surface area contributed by atoms with Crippen molar-refractivity contribution in [2.75, 3.05) is 0 Å². The number of aromatic nitrogens is 7. The minimum atomic E-state index is -0.438. The molecule has 9 nitrogen and oxygen atoms in total. The third kappa shape index (κ3) is 4.65. The van der Waals surface area contributed by atoms with Gasteiger partial charge in [-0.1, -0.05) is 55.5 Å². The molecule has 2 aromatic carbocycles. The van der Waals surface area contributed by atoms with Gasteiger partial charge in [-0.2, -0.15) is 5.21 Å². The van der Waals surface area contributed by atoms with Crippen molar-refractivity contribution < 1.29 is 4.79 Å². The topological polar surface area (TPSA) is 111 Å². The van der Waals surface area contributed by atoms with Crippen LogP contribution in [-0.2, 0) is 13.0 Å². The van der Waals surface area contributed by atoms with Crippen LogP contribution < -0.4 is 5.69 Å². The van der Waals surface area contributed by atoms with E-state index in [0.29, 0.717) is 37.5 Å². The van der Waals surface area contributed by atoms with Crippen LogP contribution in [0.25, 0.3) is 22.5 Å². The van der Waals surface area contributed by atoms with Crippen LogP contribution in [0.15, 0.2) is 53.3 Å². The lowest BCUT2D eigenvalue weighted by Crippen LogP contribution is -2.30. The number of tetrazole rings is 1. The van der Waals surface area contributed by atoms with Crippen molar-refractivity contribution in [3.63, 3.8) is 0 Å². The number of carbonyl (C=O) groups is 1. The van der Waals surface area contributed by atoms with Crippen LogP contribution in [-0.4, -0.2) is 40.9 Å². The molecular weight excluding hydrogens is 418 g/mol. The fourth-order valence-electron chi connectivity index (χ4n) is 3.62. The van der Waals surface area contributed by atoms with Gasteiger partial charge in [0.1, 0.15) is 5.82 Å². The molecule has 0 unspecified atom stereocenters.